The van der Waals surface area contributed by atoms with Crippen molar-refractivity contribution in [3.63, 3.8) is 0 Å². The summed E-state index contributed by atoms with van der Waals surface area (Å²) in [5.74, 6) is 2.20. The van der Waals surface area contributed by atoms with Crippen LogP contribution in [0.4, 0.5) is 0 Å². The molecule has 0 amide bonds. The van der Waals surface area contributed by atoms with Crippen LogP contribution in [-0.2, 0) is 36.8 Å². The van der Waals surface area contributed by atoms with Gasteiger partial charge in [-0.3, -0.25) is 5.32 Å². The van der Waals surface area contributed by atoms with Crippen LogP contribution in [0.5, 0.6) is 28.7 Å². The van der Waals surface area contributed by atoms with E-state index in [9.17, 15) is 20.4 Å². The maximum atomic E-state index is 11.3. The number of nitrogens with one attached hydrogen (secondary N) is 3. The van der Waals surface area contributed by atoms with Gasteiger partial charge in [-0.05, 0) is 146 Å². The Kier molecular flexibility index (Phi) is 11.7. The number of aliphatic hydroxyl groups excluding tert-OH is 2. The number of aliphatic hydroxyl groups is 2. The van der Waals surface area contributed by atoms with Gasteiger partial charge in [-0.25, -0.2) is 0 Å². The standard InChI is InChI=1S/C49H59N3O8/c1-50-27-49(58-28-52-34-8-4-3-5-9-34)25-41-40-22-32(20-29-10-15-42-30(19-29)16-17-51-42)39-24-35(55)11-13-37(39)44(40)47-38(14-12-36(26-54)59-47)46(41)60-48(49)33-21-31(7-6-18-53)45(56)43(23-33)57-2/h10-11,13,15-17,19,21,23-24,32,34,36,48,50-56H,3-9,12,14,18,20,22,25-28H2,1-2H3. The molecule has 318 valence electrons. The second-order valence-electron chi connectivity index (χ2n) is 17.4. The summed E-state index contributed by atoms with van der Waals surface area (Å²) in [5.41, 5.74) is 9.20. The number of aromatic amines is 1. The zero-order valence-electron chi connectivity index (χ0n) is 34.8. The van der Waals surface area contributed by atoms with Gasteiger partial charge in [0.1, 0.15) is 29.0 Å². The topological polar surface area (TPSA) is 158 Å². The fourth-order valence-corrected chi connectivity index (χ4v) is 10.6. The highest BCUT2D eigenvalue weighted by atomic mass is 16.6. The SMILES string of the molecule is CNCC1(OCNC2CCCCC2)Cc2c3c(c4c(c2OC1c1cc(CCCO)c(O)c(OC)c1)CCC(CO)O4)-c1ccc(O)cc1C(Cc1ccc2[nH]ccc2c1)C3. The quantitative estimate of drug-likeness (QED) is 0.0569. The van der Waals surface area contributed by atoms with E-state index in [1.165, 1.54) is 24.8 Å². The lowest BCUT2D eigenvalue weighted by molar-refractivity contribution is -0.131. The monoisotopic (exact) mass is 817 g/mol. The number of hydrogen-bond acceptors (Lipinski definition) is 10. The maximum absolute atomic E-state index is 11.3. The fourth-order valence-electron chi connectivity index (χ4n) is 10.6. The Morgan fingerprint density at radius 1 is 0.917 bits per heavy atom. The van der Waals surface area contributed by atoms with Crippen LogP contribution in [0, 0.1) is 0 Å². The van der Waals surface area contributed by atoms with Crippen LogP contribution < -0.4 is 24.8 Å². The number of likely N-dealkylation sites (N-methyl/N-ethyl adjacent to an activating group) is 1. The molecule has 1 fully saturated rings. The molecule has 3 heterocycles. The molecule has 1 saturated carbocycles. The fraction of sp³-hybridized carbons (Fsp3) is 0.469. The van der Waals surface area contributed by atoms with Gasteiger partial charge in [-0.15, -0.1) is 0 Å². The Morgan fingerprint density at radius 3 is 2.58 bits per heavy atom. The third kappa shape index (κ3) is 7.60. The number of benzene rings is 4. The van der Waals surface area contributed by atoms with Gasteiger partial charge >= 0.3 is 0 Å². The lowest BCUT2D eigenvalue weighted by Crippen LogP contribution is -2.55. The number of hydrogen-bond donors (Lipinski definition) is 7. The van der Waals surface area contributed by atoms with E-state index in [0.717, 1.165) is 80.6 Å². The first kappa shape index (κ1) is 40.6. The lowest BCUT2D eigenvalue weighted by atomic mass is 9.70. The normalized spacial score (nSPS) is 22.3. The average molecular weight is 818 g/mol. The molecule has 9 rings (SSSR count). The number of H-pyrrole nitrogens is 1. The number of rotatable bonds is 14. The molecule has 11 heteroatoms. The molecule has 7 N–H and O–H groups in total. The van der Waals surface area contributed by atoms with Gasteiger partial charge in [0, 0.05) is 54.0 Å². The van der Waals surface area contributed by atoms with Crippen LogP contribution in [0.2, 0.25) is 0 Å². The van der Waals surface area contributed by atoms with Crippen molar-refractivity contribution < 1.29 is 39.4 Å². The Balaban J connectivity index is 1.22. The van der Waals surface area contributed by atoms with Gasteiger partial charge in [0.05, 0.1) is 20.4 Å². The molecule has 60 heavy (non-hydrogen) atoms. The minimum Gasteiger partial charge on any atom is -0.508 e. The molecular formula is C49H59N3O8. The molecule has 4 unspecified atom stereocenters. The number of aromatic nitrogens is 1. The van der Waals surface area contributed by atoms with E-state index >= 15 is 0 Å². The van der Waals surface area contributed by atoms with Crippen LogP contribution in [-0.4, -0.2) is 83.8 Å². The van der Waals surface area contributed by atoms with E-state index in [0.29, 0.717) is 69.2 Å². The predicted molar refractivity (Wildman–Crippen MR) is 232 cm³/mol. The summed E-state index contributed by atoms with van der Waals surface area (Å²) in [6.07, 6.45) is 11.1. The highest BCUT2D eigenvalue weighted by molar-refractivity contribution is 5.85. The maximum Gasteiger partial charge on any atom is 0.161 e. The Hall–Kier alpha value is -4.78. The van der Waals surface area contributed by atoms with Gasteiger partial charge in [0.15, 0.2) is 17.6 Å². The number of aromatic hydroxyl groups is 2. The van der Waals surface area contributed by atoms with Crippen molar-refractivity contribution in [1.29, 1.82) is 0 Å². The number of methoxy groups -OCH3 is 1. The Bertz CT molecular complexity index is 2340. The third-order valence-corrected chi connectivity index (χ3v) is 13.5. The first-order valence-corrected chi connectivity index (χ1v) is 21.9. The highest BCUT2D eigenvalue weighted by Crippen LogP contribution is 2.58. The largest absolute Gasteiger partial charge is 0.508 e. The number of aryl methyl sites for hydroxylation is 1. The molecular weight excluding hydrogens is 759 g/mol. The molecule has 2 aliphatic heterocycles. The lowest BCUT2D eigenvalue weighted by Gasteiger charge is -2.47. The minimum absolute atomic E-state index is 0.00449. The zero-order valence-corrected chi connectivity index (χ0v) is 34.8. The molecule has 0 radical (unpaired) electrons. The van der Waals surface area contributed by atoms with Crippen LogP contribution in [0.25, 0.3) is 22.0 Å². The van der Waals surface area contributed by atoms with Crippen molar-refractivity contribution in [2.45, 2.75) is 107 Å². The van der Waals surface area contributed by atoms with Crippen LogP contribution >= 0.6 is 0 Å². The summed E-state index contributed by atoms with van der Waals surface area (Å²) in [6.45, 7) is 0.709. The summed E-state index contributed by atoms with van der Waals surface area (Å²) in [4.78, 5) is 3.32. The van der Waals surface area contributed by atoms with E-state index in [1.54, 1.807) is 13.2 Å². The van der Waals surface area contributed by atoms with Crippen molar-refractivity contribution >= 4 is 10.9 Å². The Labute approximate surface area is 352 Å². The molecule has 0 saturated heterocycles. The molecule has 4 aromatic carbocycles. The van der Waals surface area contributed by atoms with Gasteiger partial charge in [-0.2, -0.15) is 0 Å². The number of phenols is 2. The molecule has 5 aromatic rings. The highest BCUT2D eigenvalue weighted by Gasteiger charge is 2.50. The Morgan fingerprint density at radius 2 is 1.78 bits per heavy atom. The average Bonchev–Trinajstić information content (AvgIpc) is 3.74. The molecule has 4 aliphatic rings. The first-order chi connectivity index (χ1) is 29.3. The second kappa shape index (κ2) is 17.3. The van der Waals surface area contributed by atoms with E-state index in [-0.39, 0.29) is 36.7 Å². The summed E-state index contributed by atoms with van der Waals surface area (Å²) in [7, 11) is 3.50. The van der Waals surface area contributed by atoms with Crippen LogP contribution in [0.1, 0.15) is 95.9 Å². The van der Waals surface area contributed by atoms with Gasteiger partial charge in [0.25, 0.3) is 0 Å². The smallest absolute Gasteiger partial charge is 0.161 e. The van der Waals surface area contributed by atoms with Crippen LogP contribution in [0.15, 0.2) is 60.8 Å². The number of fused-ring (bicyclic) bond motifs is 9. The molecule has 4 atom stereocenters. The molecule has 1 aromatic heterocycles. The summed E-state index contributed by atoms with van der Waals surface area (Å²) in [6, 6.07) is 18.6. The van der Waals surface area contributed by atoms with Crippen molar-refractivity contribution in [2.24, 2.45) is 0 Å². The van der Waals surface area contributed by atoms with Gasteiger partial charge < -0.3 is 49.7 Å². The zero-order chi connectivity index (χ0) is 41.4. The minimum atomic E-state index is -0.908. The number of ether oxygens (including phenoxy) is 4. The van der Waals surface area contributed by atoms with Crippen LogP contribution in [0.3, 0.4) is 0 Å². The van der Waals surface area contributed by atoms with E-state index in [2.05, 4.69) is 39.9 Å². The van der Waals surface area contributed by atoms with Crippen molar-refractivity contribution in [3.8, 4) is 39.9 Å². The second-order valence-corrected chi connectivity index (χ2v) is 17.4. The van der Waals surface area contributed by atoms with Crippen molar-refractivity contribution in [3.05, 3.63) is 99.7 Å². The van der Waals surface area contributed by atoms with E-state index in [1.807, 2.05) is 37.5 Å². The van der Waals surface area contributed by atoms with Crippen molar-refractivity contribution in [2.75, 3.05) is 40.6 Å². The molecule has 0 bridgehead atoms. The summed E-state index contributed by atoms with van der Waals surface area (Å²) >= 11 is 0. The first-order valence-electron chi connectivity index (χ1n) is 21.9. The molecule has 2 aliphatic carbocycles. The van der Waals surface area contributed by atoms with Crippen molar-refractivity contribution in [1.82, 2.24) is 15.6 Å². The predicted octanol–water partition coefficient (Wildman–Crippen LogP) is 7.28. The van der Waals surface area contributed by atoms with E-state index < -0.39 is 11.7 Å². The van der Waals surface area contributed by atoms with Gasteiger partial charge in [0.2, 0.25) is 0 Å². The summed E-state index contributed by atoms with van der Waals surface area (Å²) in [5, 5.41) is 50.8. The molecule has 0 spiro atoms. The van der Waals surface area contributed by atoms with Gasteiger partial charge in [-0.1, -0.05) is 31.4 Å². The number of phenolic OH excluding ortho intramolecular Hbond substituents is 2. The van der Waals surface area contributed by atoms with E-state index in [4.69, 9.17) is 18.9 Å². The summed E-state index contributed by atoms with van der Waals surface area (Å²) < 4.78 is 27.3. The third-order valence-electron chi connectivity index (χ3n) is 13.5. The molecule has 11 nitrogen and oxygen atoms in total.